The Kier molecular flexibility index (Phi) is 20.4. The van der Waals surface area contributed by atoms with E-state index in [-0.39, 0.29) is 11.8 Å². The molecule has 11 heteroatoms. The molecule has 0 atom stereocenters. The molecule has 0 rings (SSSR count). The molecule has 0 unspecified atom stereocenters. The van der Waals surface area contributed by atoms with Crippen molar-refractivity contribution in [3.05, 3.63) is 23.3 Å². The second kappa shape index (κ2) is 18.4. The SMILES string of the molecule is CC(=CCCCN(C)C)C(N)=O.CC(=CCCCN(C)C)C(N)=O.[O]=[Cr](=[O])([OH])[OH]. The van der Waals surface area contributed by atoms with Gasteiger partial charge in [0.25, 0.3) is 0 Å². The van der Waals surface area contributed by atoms with Gasteiger partial charge in [0.2, 0.25) is 11.8 Å². The van der Waals surface area contributed by atoms with E-state index in [0.717, 1.165) is 38.8 Å². The fourth-order valence-corrected chi connectivity index (χ4v) is 1.65. The molecule has 0 spiro atoms. The van der Waals surface area contributed by atoms with E-state index in [1.807, 2.05) is 40.3 Å². The predicted molar refractivity (Wildman–Crippen MR) is 107 cm³/mol. The van der Waals surface area contributed by atoms with Crippen LogP contribution in [0.2, 0.25) is 0 Å². The number of hydrogen-bond donors (Lipinski definition) is 4. The second-order valence-electron chi connectivity index (χ2n) is 6.84. The van der Waals surface area contributed by atoms with Crippen molar-refractivity contribution in [3.8, 4) is 0 Å². The molecule has 0 aliphatic rings. The Hall–Kier alpha value is -1.61. The quantitative estimate of drug-likeness (QED) is 0.265. The molecule has 6 N–H and O–H groups in total. The summed E-state index contributed by atoms with van der Waals surface area (Å²) in [5.74, 6) is -0.639. The molecular weight excluding hydrogens is 420 g/mol. The van der Waals surface area contributed by atoms with Crippen molar-refractivity contribution in [2.24, 2.45) is 11.5 Å². The van der Waals surface area contributed by atoms with E-state index in [1.165, 1.54) is 0 Å². The molecule has 0 heterocycles. The van der Waals surface area contributed by atoms with E-state index in [1.54, 1.807) is 13.8 Å². The first-order chi connectivity index (χ1) is 13.1. The summed E-state index contributed by atoms with van der Waals surface area (Å²) in [5.41, 5.74) is 11.4. The van der Waals surface area contributed by atoms with Crippen molar-refractivity contribution in [2.75, 3.05) is 41.3 Å². The summed E-state index contributed by atoms with van der Waals surface area (Å²) in [7, 11) is 8.13. The number of nitrogens with two attached hydrogens (primary N) is 2. The van der Waals surface area contributed by atoms with Crippen LogP contribution in [0.5, 0.6) is 0 Å². The third kappa shape index (κ3) is 37.8. The summed E-state index contributed by atoms with van der Waals surface area (Å²) >= 11 is -5.25. The van der Waals surface area contributed by atoms with Crippen molar-refractivity contribution in [1.82, 2.24) is 9.80 Å². The van der Waals surface area contributed by atoms with Crippen LogP contribution >= 0.6 is 0 Å². The molecule has 0 fully saturated rings. The summed E-state index contributed by atoms with van der Waals surface area (Å²) in [4.78, 5) is 25.4. The number of allylic oxidation sites excluding steroid dienone is 2. The van der Waals surface area contributed by atoms with Crippen molar-refractivity contribution in [2.45, 2.75) is 39.5 Å². The van der Waals surface area contributed by atoms with Gasteiger partial charge in [-0.25, -0.2) is 0 Å². The average molecular weight is 459 g/mol. The van der Waals surface area contributed by atoms with Crippen LogP contribution in [0.15, 0.2) is 23.3 Å². The molecule has 0 saturated heterocycles. The Morgan fingerprint density at radius 3 is 1.21 bits per heavy atom. The van der Waals surface area contributed by atoms with Crippen LogP contribution in [-0.2, 0) is 30.8 Å². The van der Waals surface area contributed by atoms with Crippen molar-refractivity contribution in [3.63, 3.8) is 0 Å². The van der Waals surface area contributed by atoms with E-state index < -0.39 is 13.6 Å². The Morgan fingerprint density at radius 1 is 0.793 bits per heavy atom. The number of carbonyl (C=O) groups excluding carboxylic acids is 2. The monoisotopic (exact) mass is 458 g/mol. The summed E-state index contributed by atoms with van der Waals surface area (Å²) in [6, 6.07) is 0. The molecule has 29 heavy (non-hydrogen) atoms. The Labute approximate surface area is 176 Å². The van der Waals surface area contributed by atoms with Crippen molar-refractivity contribution < 1.29 is 39.1 Å². The Bertz CT molecular complexity index is 580. The molecule has 0 radical (unpaired) electrons. The third-order valence-corrected chi connectivity index (χ3v) is 3.30. The molecule has 0 aliphatic heterocycles. The number of rotatable bonds is 10. The number of hydrogen-bond acceptors (Lipinski definition) is 6. The Balaban J connectivity index is -0.000000380. The van der Waals surface area contributed by atoms with E-state index in [9.17, 15) is 9.59 Å². The van der Waals surface area contributed by atoms with Crippen molar-refractivity contribution >= 4 is 11.8 Å². The van der Waals surface area contributed by atoms with Crippen LogP contribution in [0.25, 0.3) is 0 Å². The van der Waals surface area contributed by atoms with Crippen molar-refractivity contribution in [1.29, 1.82) is 0 Å². The zero-order valence-corrected chi connectivity index (χ0v) is 19.7. The summed E-state index contributed by atoms with van der Waals surface area (Å²) in [6.07, 6.45) is 7.77. The van der Waals surface area contributed by atoms with Crippen LogP contribution in [0.4, 0.5) is 0 Å². The van der Waals surface area contributed by atoms with Gasteiger partial charge in [-0.05, 0) is 80.8 Å². The summed E-state index contributed by atoms with van der Waals surface area (Å²) in [5, 5.41) is 0. The number of nitrogens with zero attached hydrogens (tertiary/aromatic N) is 2. The fraction of sp³-hybridized carbons (Fsp3) is 0.667. The zero-order chi connectivity index (χ0) is 23.6. The number of amides is 2. The zero-order valence-electron chi connectivity index (χ0n) is 18.4. The molecule has 0 aromatic rings. The normalized spacial score (nSPS) is 12.1. The first-order valence-electron chi connectivity index (χ1n) is 9.00. The van der Waals surface area contributed by atoms with E-state index in [0.29, 0.717) is 11.1 Å². The topological polar surface area (TPSA) is 167 Å². The van der Waals surface area contributed by atoms with Gasteiger partial charge < -0.3 is 21.3 Å². The first-order valence-corrected chi connectivity index (χ1v) is 11.2. The number of primary amides is 2. The molecule has 172 valence electrons. The number of carbonyl (C=O) groups is 2. The summed E-state index contributed by atoms with van der Waals surface area (Å²) < 4.78 is 31.9. The van der Waals surface area contributed by atoms with Gasteiger partial charge in [-0.1, -0.05) is 12.2 Å². The van der Waals surface area contributed by atoms with Gasteiger partial charge in [-0.2, -0.15) is 0 Å². The maximum atomic E-state index is 10.6. The van der Waals surface area contributed by atoms with Crippen LogP contribution < -0.4 is 11.5 Å². The molecule has 0 saturated carbocycles. The van der Waals surface area contributed by atoms with Gasteiger partial charge in [0, 0.05) is 11.1 Å². The van der Waals surface area contributed by atoms with Crippen LogP contribution in [0.1, 0.15) is 39.5 Å². The second-order valence-corrected chi connectivity index (χ2v) is 8.24. The fourth-order valence-electron chi connectivity index (χ4n) is 1.65. The minimum atomic E-state index is -5.25. The predicted octanol–water partition coefficient (Wildman–Crippen LogP) is 0.166. The molecule has 0 aromatic carbocycles. The van der Waals surface area contributed by atoms with Gasteiger partial charge in [0.05, 0.1) is 0 Å². The average Bonchev–Trinajstić information content (AvgIpc) is 2.53. The molecule has 0 bridgehead atoms. The standard InChI is InChI=1S/2C9H18N2O.Cr.2H2O.2O/c2*1-8(9(10)12)6-4-5-7-11(2)3;;;;;/h2*6H,4-5,7H2,1-3H3,(H2,10,12);;2*1H2;;/q;;+2;;;;/p-2. The Morgan fingerprint density at radius 2 is 1.03 bits per heavy atom. The number of unbranched alkanes of at least 4 members (excludes halogenated alkanes) is 2. The molecular formula is C18H38CrN4O6. The molecule has 0 aromatic heterocycles. The molecule has 0 aliphatic carbocycles. The molecule has 2 amide bonds. The van der Waals surface area contributed by atoms with Gasteiger partial charge in [-0.15, -0.1) is 0 Å². The van der Waals surface area contributed by atoms with Crippen LogP contribution in [0.3, 0.4) is 0 Å². The van der Waals surface area contributed by atoms with Crippen LogP contribution in [0, 0.1) is 0 Å². The summed E-state index contributed by atoms with van der Waals surface area (Å²) in [6.45, 7) is 5.58. The maximum absolute atomic E-state index is 10.6. The van der Waals surface area contributed by atoms with E-state index in [2.05, 4.69) is 9.80 Å². The van der Waals surface area contributed by atoms with E-state index >= 15 is 0 Å². The van der Waals surface area contributed by atoms with Gasteiger partial charge in [0.15, 0.2) is 0 Å². The van der Waals surface area contributed by atoms with Gasteiger partial charge >= 0.3 is 29.5 Å². The minimum absolute atomic E-state index is 0.320. The molecule has 10 nitrogen and oxygen atoms in total. The third-order valence-electron chi connectivity index (χ3n) is 3.30. The van der Waals surface area contributed by atoms with Crippen LogP contribution in [-0.4, -0.2) is 71.2 Å². The van der Waals surface area contributed by atoms with Gasteiger partial charge in [0.1, 0.15) is 0 Å². The first kappa shape index (κ1) is 32.1. The van der Waals surface area contributed by atoms with Gasteiger partial charge in [-0.3, -0.25) is 9.59 Å². The van der Waals surface area contributed by atoms with E-state index in [4.69, 9.17) is 27.4 Å².